The predicted octanol–water partition coefficient (Wildman–Crippen LogP) is 2.20. The van der Waals surface area contributed by atoms with Crippen LogP contribution in [0.5, 0.6) is 0 Å². The maximum Gasteiger partial charge on any atom is 0.306 e. The van der Waals surface area contributed by atoms with Gasteiger partial charge in [0.05, 0.1) is 5.92 Å². The lowest BCUT2D eigenvalue weighted by Gasteiger charge is -2.01. The average molecular weight is 291 g/mol. The van der Waals surface area contributed by atoms with Crippen molar-refractivity contribution in [3.05, 3.63) is 47.8 Å². The van der Waals surface area contributed by atoms with Gasteiger partial charge in [0.25, 0.3) is 0 Å². The van der Waals surface area contributed by atoms with Crippen LogP contribution in [0.15, 0.2) is 41.4 Å². The smallest absolute Gasteiger partial charge is 0.306 e. The number of nitrogens with zero attached hydrogens (tertiary/aromatic N) is 4. The van der Waals surface area contributed by atoms with Crippen molar-refractivity contribution in [1.29, 1.82) is 0 Å². The summed E-state index contributed by atoms with van der Waals surface area (Å²) in [5, 5.41) is 7.67. The number of rotatable bonds is 4. The highest BCUT2D eigenvalue weighted by Crippen LogP contribution is 2.21. The Morgan fingerprint density at radius 1 is 1.35 bits per heavy atom. The zero-order valence-corrected chi connectivity index (χ0v) is 11.6. The third kappa shape index (κ3) is 2.70. The second-order valence-corrected chi connectivity index (χ2v) is 4.98. The van der Waals surface area contributed by atoms with Crippen LogP contribution in [0.3, 0.4) is 0 Å². The predicted molar refractivity (Wildman–Crippen MR) is 71.9 cm³/mol. The van der Waals surface area contributed by atoms with Gasteiger partial charge in [-0.3, -0.25) is 0 Å². The van der Waals surface area contributed by atoms with E-state index in [4.69, 9.17) is 16.1 Å². The highest BCUT2D eigenvalue weighted by molar-refractivity contribution is 6.30. The fourth-order valence-corrected chi connectivity index (χ4v) is 2.01. The van der Waals surface area contributed by atoms with Gasteiger partial charge in [-0.2, -0.15) is 14.8 Å². The van der Waals surface area contributed by atoms with Crippen LogP contribution in [0, 0.1) is 0 Å². The monoisotopic (exact) mass is 290 g/mol. The summed E-state index contributed by atoms with van der Waals surface area (Å²) in [4.78, 5) is 8.38. The van der Waals surface area contributed by atoms with Gasteiger partial charge in [-0.1, -0.05) is 16.8 Å². The molecule has 1 atom stereocenters. The van der Waals surface area contributed by atoms with Crippen LogP contribution in [0.4, 0.5) is 0 Å². The molecule has 7 heteroatoms. The third-order valence-corrected chi connectivity index (χ3v) is 3.19. The Morgan fingerprint density at radius 2 is 2.15 bits per heavy atom. The van der Waals surface area contributed by atoms with Gasteiger partial charge < -0.3 is 4.52 Å². The van der Waals surface area contributed by atoms with E-state index < -0.39 is 0 Å². The summed E-state index contributed by atoms with van der Waals surface area (Å²) in [6.07, 6.45) is 3.34. The Hall–Kier alpha value is -2.21. The van der Waals surface area contributed by atoms with E-state index in [-0.39, 0.29) is 5.92 Å². The lowest BCUT2D eigenvalue weighted by atomic mass is 10.2. The molecule has 0 aliphatic rings. The number of H-pyrrole nitrogens is 1. The van der Waals surface area contributed by atoms with Crippen LogP contribution >= 0.6 is 11.6 Å². The molecule has 2 aromatic heterocycles. The molecule has 0 fully saturated rings. The zero-order valence-electron chi connectivity index (χ0n) is 10.8. The van der Waals surface area contributed by atoms with Crippen LogP contribution in [0.25, 0.3) is 11.4 Å². The Labute approximate surface area is 120 Å². The molecule has 1 N–H and O–H groups in total. The molecular formula is C13H13ClN5O+. The number of halogens is 1. The summed E-state index contributed by atoms with van der Waals surface area (Å²) >= 11 is 5.86. The van der Waals surface area contributed by atoms with Crippen molar-refractivity contribution in [3.8, 4) is 11.4 Å². The second kappa shape index (κ2) is 5.42. The third-order valence-electron chi connectivity index (χ3n) is 2.94. The molecule has 0 spiro atoms. The lowest BCUT2D eigenvalue weighted by molar-refractivity contribution is -0.753. The molecule has 1 aromatic carbocycles. The number of aromatic amines is 1. The Balaban J connectivity index is 1.77. The van der Waals surface area contributed by atoms with Gasteiger partial charge in [0.2, 0.25) is 18.0 Å². The van der Waals surface area contributed by atoms with E-state index >= 15 is 0 Å². The number of benzene rings is 1. The quantitative estimate of drug-likeness (QED) is 0.748. The Bertz CT molecular complexity index is 677. The van der Waals surface area contributed by atoms with Crippen LogP contribution in [0.1, 0.15) is 18.7 Å². The van der Waals surface area contributed by atoms with E-state index in [1.165, 1.54) is 0 Å². The summed E-state index contributed by atoms with van der Waals surface area (Å²) in [5.74, 6) is 1.25. The van der Waals surface area contributed by atoms with Crippen molar-refractivity contribution in [2.24, 2.45) is 0 Å². The van der Waals surface area contributed by atoms with E-state index in [2.05, 4.69) is 20.2 Å². The number of nitrogens with one attached hydrogen (secondary N) is 1. The summed E-state index contributed by atoms with van der Waals surface area (Å²) in [6, 6.07) is 7.34. The maximum absolute atomic E-state index is 5.86. The van der Waals surface area contributed by atoms with Crippen molar-refractivity contribution in [1.82, 2.24) is 20.2 Å². The number of aromatic nitrogens is 5. The molecule has 0 saturated heterocycles. The molecule has 0 radical (unpaired) electrons. The van der Waals surface area contributed by atoms with Gasteiger partial charge >= 0.3 is 6.33 Å². The minimum Gasteiger partial charge on any atom is -0.339 e. The van der Waals surface area contributed by atoms with Gasteiger partial charge in [0, 0.05) is 10.6 Å². The van der Waals surface area contributed by atoms with Crippen molar-refractivity contribution in [2.75, 3.05) is 0 Å². The van der Waals surface area contributed by atoms with Crippen molar-refractivity contribution in [2.45, 2.75) is 19.4 Å². The fourth-order valence-electron chi connectivity index (χ4n) is 1.88. The normalized spacial score (nSPS) is 12.5. The van der Waals surface area contributed by atoms with Gasteiger partial charge in [0.1, 0.15) is 6.54 Å². The minimum atomic E-state index is 0.0917. The van der Waals surface area contributed by atoms with Gasteiger partial charge in [-0.15, -0.1) is 0 Å². The topological polar surface area (TPSA) is 71.5 Å². The first-order valence-electron chi connectivity index (χ1n) is 6.20. The summed E-state index contributed by atoms with van der Waals surface area (Å²) in [7, 11) is 0. The molecule has 0 bridgehead atoms. The fraction of sp³-hybridized carbons (Fsp3) is 0.231. The molecule has 3 aromatic rings. The van der Waals surface area contributed by atoms with E-state index in [9.17, 15) is 0 Å². The second-order valence-electron chi connectivity index (χ2n) is 4.54. The van der Waals surface area contributed by atoms with Crippen LogP contribution in [-0.4, -0.2) is 20.2 Å². The van der Waals surface area contributed by atoms with Crippen molar-refractivity contribution in [3.63, 3.8) is 0 Å². The van der Waals surface area contributed by atoms with Crippen LogP contribution in [-0.2, 0) is 6.54 Å². The van der Waals surface area contributed by atoms with Crippen molar-refractivity contribution < 1.29 is 9.20 Å². The molecule has 0 amide bonds. The van der Waals surface area contributed by atoms with Crippen molar-refractivity contribution >= 4 is 11.6 Å². The molecule has 3 rings (SSSR count). The van der Waals surface area contributed by atoms with E-state index in [0.717, 1.165) is 5.56 Å². The Morgan fingerprint density at radius 3 is 2.85 bits per heavy atom. The summed E-state index contributed by atoms with van der Waals surface area (Å²) < 4.78 is 7.18. The summed E-state index contributed by atoms with van der Waals surface area (Å²) in [6.45, 7) is 2.72. The molecule has 0 aliphatic carbocycles. The first-order chi connectivity index (χ1) is 9.72. The van der Waals surface area contributed by atoms with Gasteiger partial charge in [-0.05, 0) is 36.2 Å². The average Bonchev–Trinajstić information content (AvgIpc) is 3.10. The SMILES string of the molecule is CC(C[n+]1cnc[nH]1)c1nc(-c2ccc(Cl)cc2)no1. The highest BCUT2D eigenvalue weighted by atomic mass is 35.5. The number of hydrogen-bond donors (Lipinski definition) is 1. The molecule has 0 aliphatic heterocycles. The van der Waals surface area contributed by atoms with Crippen LogP contribution in [0.2, 0.25) is 5.02 Å². The van der Waals surface area contributed by atoms with Gasteiger partial charge in [0.15, 0.2) is 0 Å². The largest absolute Gasteiger partial charge is 0.339 e. The Kier molecular flexibility index (Phi) is 3.47. The molecule has 6 nitrogen and oxygen atoms in total. The first-order valence-corrected chi connectivity index (χ1v) is 6.57. The lowest BCUT2D eigenvalue weighted by Crippen LogP contribution is -2.37. The van der Waals surface area contributed by atoms with E-state index in [0.29, 0.717) is 23.3 Å². The highest BCUT2D eigenvalue weighted by Gasteiger charge is 2.18. The molecule has 102 valence electrons. The molecule has 0 saturated carbocycles. The molecule has 1 unspecified atom stereocenters. The molecular weight excluding hydrogens is 278 g/mol. The van der Waals surface area contributed by atoms with E-state index in [1.807, 2.05) is 23.7 Å². The maximum atomic E-state index is 5.86. The molecule has 20 heavy (non-hydrogen) atoms. The van der Waals surface area contributed by atoms with Gasteiger partial charge in [-0.25, -0.2) is 0 Å². The standard InChI is InChI=1S/C13H12ClN5O/c1-9(6-19-8-15-7-16-19)13-17-12(18-20-13)10-2-4-11(14)5-3-10/h2-5,7-9H,6H2,1H3/p+1. The van der Waals surface area contributed by atoms with E-state index in [1.54, 1.807) is 24.8 Å². The zero-order chi connectivity index (χ0) is 13.9. The minimum absolute atomic E-state index is 0.0917. The van der Waals surface area contributed by atoms with Crippen LogP contribution < -0.4 is 4.68 Å². The first kappa shape index (κ1) is 12.8. The number of hydrogen-bond acceptors (Lipinski definition) is 4. The molecule has 2 heterocycles. The summed E-state index contributed by atoms with van der Waals surface area (Å²) in [5.41, 5.74) is 0.880.